The molecule has 0 fully saturated rings. The van der Waals surface area contributed by atoms with E-state index in [9.17, 15) is 13.2 Å². The molecule has 0 amide bonds. The molecule has 0 saturated heterocycles. The van der Waals surface area contributed by atoms with Crippen LogP contribution in [0.4, 0.5) is 13.2 Å². The molecule has 0 N–H and O–H groups in total. The number of hydrogen-bond acceptors (Lipinski definition) is 1. The minimum atomic E-state index is -4.42. The molecule has 0 aliphatic rings. The molecule has 1 radical (unpaired) electrons. The highest BCUT2D eigenvalue weighted by Crippen LogP contribution is 2.33. The van der Waals surface area contributed by atoms with Gasteiger partial charge in [0, 0.05) is 6.20 Å². The highest BCUT2D eigenvalue weighted by atomic mass is 35.5. The van der Waals surface area contributed by atoms with Gasteiger partial charge in [-0.05, 0) is 6.07 Å². The maximum atomic E-state index is 11.9. The fourth-order valence-corrected chi connectivity index (χ4v) is 0.762. The maximum Gasteiger partial charge on any atom is 0.417 e. The standard InChI is InChI=1S/C6H2ClF3N/c7-5-3-11-2-1-4(5)6(8,9)10/h1,3H. The Bertz CT molecular complexity index is 258. The van der Waals surface area contributed by atoms with Gasteiger partial charge in [-0.2, -0.15) is 13.2 Å². The fourth-order valence-electron chi connectivity index (χ4n) is 0.551. The maximum absolute atomic E-state index is 11.9. The first-order valence-electron chi connectivity index (χ1n) is 2.60. The van der Waals surface area contributed by atoms with Gasteiger partial charge in [-0.25, -0.2) is 0 Å². The lowest BCUT2D eigenvalue weighted by atomic mass is 10.3. The van der Waals surface area contributed by atoms with Crippen molar-refractivity contribution in [1.29, 1.82) is 0 Å². The van der Waals surface area contributed by atoms with Gasteiger partial charge in [0.05, 0.1) is 16.8 Å². The second kappa shape index (κ2) is 2.70. The van der Waals surface area contributed by atoms with Gasteiger partial charge < -0.3 is 0 Å². The smallest absolute Gasteiger partial charge is 0.253 e. The van der Waals surface area contributed by atoms with Crippen LogP contribution in [0, 0.1) is 6.20 Å². The van der Waals surface area contributed by atoms with E-state index in [1.54, 1.807) is 0 Å². The van der Waals surface area contributed by atoms with Gasteiger partial charge in [0.2, 0.25) is 0 Å². The molecule has 1 heterocycles. The Hall–Kier alpha value is -0.770. The van der Waals surface area contributed by atoms with Crippen molar-refractivity contribution in [3.05, 3.63) is 29.0 Å². The summed E-state index contributed by atoms with van der Waals surface area (Å²) in [5.41, 5.74) is -0.908. The van der Waals surface area contributed by atoms with Crippen molar-refractivity contribution in [3.63, 3.8) is 0 Å². The molecule has 0 aromatic carbocycles. The molecule has 59 valence electrons. The monoisotopic (exact) mass is 180 g/mol. The molecule has 0 aliphatic carbocycles. The van der Waals surface area contributed by atoms with Crippen LogP contribution >= 0.6 is 11.6 Å². The predicted molar refractivity (Wildman–Crippen MR) is 33.1 cm³/mol. The SMILES string of the molecule is FC(F)(F)c1c[c]ncc1Cl. The van der Waals surface area contributed by atoms with Gasteiger partial charge in [0.15, 0.2) is 0 Å². The summed E-state index contributed by atoms with van der Waals surface area (Å²) in [6.45, 7) is 0. The van der Waals surface area contributed by atoms with Crippen LogP contribution in [-0.4, -0.2) is 4.98 Å². The number of aromatic nitrogens is 1. The Morgan fingerprint density at radius 1 is 1.45 bits per heavy atom. The summed E-state index contributed by atoms with van der Waals surface area (Å²) in [6, 6.07) is 0.711. The molecule has 11 heavy (non-hydrogen) atoms. The van der Waals surface area contributed by atoms with Crippen LogP contribution < -0.4 is 0 Å². The second-order valence-electron chi connectivity index (χ2n) is 1.79. The summed E-state index contributed by atoms with van der Waals surface area (Å²) in [6.07, 6.45) is -1.46. The van der Waals surface area contributed by atoms with E-state index in [-0.39, 0.29) is 0 Å². The summed E-state index contributed by atoms with van der Waals surface area (Å²) in [5.74, 6) is 0. The number of rotatable bonds is 0. The van der Waals surface area contributed by atoms with Crippen LogP contribution in [0.15, 0.2) is 12.3 Å². The Morgan fingerprint density at radius 3 is 2.45 bits per heavy atom. The number of halogens is 4. The molecule has 1 aromatic heterocycles. The molecule has 5 heteroatoms. The lowest BCUT2D eigenvalue weighted by Gasteiger charge is -2.06. The van der Waals surface area contributed by atoms with Gasteiger partial charge in [-0.3, -0.25) is 4.98 Å². The number of nitrogens with zero attached hydrogens (tertiary/aromatic N) is 1. The minimum absolute atomic E-state index is 0.406. The zero-order valence-corrected chi connectivity index (χ0v) is 5.87. The van der Waals surface area contributed by atoms with E-state index in [1.807, 2.05) is 0 Å². The molecular weight excluding hydrogens is 179 g/mol. The van der Waals surface area contributed by atoms with Crippen molar-refractivity contribution >= 4 is 11.6 Å². The number of hydrogen-bond donors (Lipinski definition) is 0. The molecule has 0 unspecified atom stereocenters. The first-order chi connectivity index (χ1) is 5.02. The summed E-state index contributed by atoms with van der Waals surface area (Å²) in [7, 11) is 0. The zero-order valence-electron chi connectivity index (χ0n) is 5.11. The number of alkyl halides is 3. The quantitative estimate of drug-likeness (QED) is 0.598. The van der Waals surface area contributed by atoms with Crippen molar-refractivity contribution in [3.8, 4) is 0 Å². The van der Waals surface area contributed by atoms with Gasteiger partial charge in [-0.1, -0.05) is 11.6 Å². The normalized spacial score (nSPS) is 11.6. The Kier molecular flexibility index (Phi) is 2.04. The van der Waals surface area contributed by atoms with E-state index in [2.05, 4.69) is 11.2 Å². The molecule has 1 rings (SSSR count). The van der Waals surface area contributed by atoms with E-state index in [0.717, 1.165) is 6.20 Å². The Morgan fingerprint density at radius 2 is 2.09 bits per heavy atom. The van der Waals surface area contributed by atoms with Crippen LogP contribution in [0.25, 0.3) is 0 Å². The average molecular weight is 181 g/mol. The van der Waals surface area contributed by atoms with Crippen LogP contribution in [0.2, 0.25) is 5.02 Å². The highest BCUT2D eigenvalue weighted by molar-refractivity contribution is 6.31. The van der Waals surface area contributed by atoms with Crippen molar-refractivity contribution in [2.24, 2.45) is 0 Å². The molecule has 0 saturated carbocycles. The zero-order chi connectivity index (χ0) is 8.48. The largest absolute Gasteiger partial charge is 0.417 e. The predicted octanol–water partition coefficient (Wildman–Crippen LogP) is 2.55. The first kappa shape index (κ1) is 8.33. The average Bonchev–Trinajstić information content (AvgIpc) is 1.86. The molecule has 0 atom stereocenters. The highest BCUT2D eigenvalue weighted by Gasteiger charge is 2.32. The third-order valence-corrected chi connectivity index (χ3v) is 1.33. The van der Waals surface area contributed by atoms with Crippen LogP contribution in [0.1, 0.15) is 5.56 Å². The third kappa shape index (κ3) is 1.83. The van der Waals surface area contributed by atoms with Gasteiger partial charge >= 0.3 is 6.18 Å². The Balaban J connectivity index is 3.14. The number of pyridine rings is 1. The van der Waals surface area contributed by atoms with E-state index < -0.39 is 16.8 Å². The van der Waals surface area contributed by atoms with E-state index >= 15 is 0 Å². The minimum Gasteiger partial charge on any atom is -0.253 e. The molecule has 0 spiro atoms. The first-order valence-corrected chi connectivity index (χ1v) is 2.98. The lowest BCUT2D eigenvalue weighted by Crippen LogP contribution is -2.05. The lowest BCUT2D eigenvalue weighted by molar-refractivity contribution is -0.137. The molecule has 0 bridgehead atoms. The summed E-state index contributed by atoms with van der Waals surface area (Å²) in [4.78, 5) is 3.30. The van der Waals surface area contributed by atoms with E-state index in [4.69, 9.17) is 11.6 Å². The summed E-state index contributed by atoms with van der Waals surface area (Å²) in [5, 5.41) is -0.406. The third-order valence-electron chi connectivity index (χ3n) is 1.02. The fraction of sp³-hybridized carbons (Fsp3) is 0.167. The van der Waals surface area contributed by atoms with E-state index in [1.165, 1.54) is 0 Å². The van der Waals surface area contributed by atoms with Crippen molar-refractivity contribution < 1.29 is 13.2 Å². The van der Waals surface area contributed by atoms with Gasteiger partial charge in [0.25, 0.3) is 0 Å². The van der Waals surface area contributed by atoms with Crippen molar-refractivity contribution in [2.75, 3.05) is 0 Å². The van der Waals surface area contributed by atoms with Crippen molar-refractivity contribution in [1.82, 2.24) is 4.98 Å². The molecule has 1 aromatic rings. The second-order valence-corrected chi connectivity index (χ2v) is 2.20. The van der Waals surface area contributed by atoms with E-state index in [0.29, 0.717) is 6.07 Å². The summed E-state index contributed by atoms with van der Waals surface area (Å²) < 4.78 is 35.7. The van der Waals surface area contributed by atoms with Crippen LogP contribution in [-0.2, 0) is 6.18 Å². The van der Waals surface area contributed by atoms with Crippen molar-refractivity contribution in [2.45, 2.75) is 6.18 Å². The molecule has 0 aliphatic heterocycles. The van der Waals surface area contributed by atoms with Gasteiger partial charge in [0.1, 0.15) is 0 Å². The molecule has 1 nitrogen and oxygen atoms in total. The topological polar surface area (TPSA) is 12.9 Å². The molecular formula is C6H2ClF3N. The van der Waals surface area contributed by atoms with Crippen LogP contribution in [0.3, 0.4) is 0 Å². The Labute approximate surface area is 65.8 Å². The summed E-state index contributed by atoms with van der Waals surface area (Å²) >= 11 is 5.21. The van der Waals surface area contributed by atoms with Crippen LogP contribution in [0.5, 0.6) is 0 Å². The van der Waals surface area contributed by atoms with Gasteiger partial charge in [-0.15, -0.1) is 0 Å².